The Kier molecular flexibility index (Phi) is 4.27. The Morgan fingerprint density at radius 1 is 1.40 bits per heavy atom. The molecule has 0 amide bonds. The third kappa shape index (κ3) is 3.69. The van der Waals surface area contributed by atoms with Gasteiger partial charge in [-0.2, -0.15) is 0 Å². The van der Waals surface area contributed by atoms with Crippen molar-refractivity contribution >= 4 is 5.97 Å². The Labute approximate surface area is 88.1 Å². The van der Waals surface area contributed by atoms with Crippen LogP contribution in [0.1, 0.15) is 12.5 Å². The maximum absolute atomic E-state index is 10.4. The number of rotatable bonds is 5. The fourth-order valence-corrected chi connectivity index (χ4v) is 1.09. The van der Waals surface area contributed by atoms with E-state index in [1.165, 1.54) is 6.92 Å². The van der Waals surface area contributed by atoms with E-state index in [-0.39, 0.29) is 0 Å². The zero-order chi connectivity index (χ0) is 11.3. The van der Waals surface area contributed by atoms with Gasteiger partial charge in [0.1, 0.15) is 0 Å². The van der Waals surface area contributed by atoms with E-state index in [1.54, 1.807) is 0 Å². The van der Waals surface area contributed by atoms with Crippen LogP contribution in [0.3, 0.4) is 0 Å². The highest BCUT2D eigenvalue weighted by atomic mass is 16.5. The SMILES string of the molecule is C[C@@H](OCc1ccccc1)[C@@H](O)C(=O)O. The molecule has 82 valence electrons. The minimum absolute atomic E-state index is 0.298. The van der Waals surface area contributed by atoms with Gasteiger partial charge in [0.05, 0.1) is 12.7 Å². The smallest absolute Gasteiger partial charge is 0.335 e. The van der Waals surface area contributed by atoms with E-state index in [9.17, 15) is 4.79 Å². The van der Waals surface area contributed by atoms with E-state index >= 15 is 0 Å². The third-order valence-corrected chi connectivity index (χ3v) is 2.05. The number of carboxylic acid groups (broad SMARTS) is 1. The molecule has 0 heterocycles. The largest absolute Gasteiger partial charge is 0.479 e. The molecular weight excluding hydrogens is 196 g/mol. The molecule has 1 aromatic carbocycles. The normalized spacial score (nSPS) is 14.5. The van der Waals surface area contributed by atoms with Crippen molar-refractivity contribution in [3.8, 4) is 0 Å². The van der Waals surface area contributed by atoms with Crippen LogP contribution in [-0.4, -0.2) is 28.4 Å². The lowest BCUT2D eigenvalue weighted by Gasteiger charge is -2.15. The number of hydrogen-bond acceptors (Lipinski definition) is 3. The lowest BCUT2D eigenvalue weighted by atomic mass is 10.2. The molecule has 0 aliphatic carbocycles. The van der Waals surface area contributed by atoms with Crippen LogP contribution in [0.2, 0.25) is 0 Å². The summed E-state index contributed by atoms with van der Waals surface area (Å²) in [5.41, 5.74) is 0.946. The first-order valence-electron chi connectivity index (χ1n) is 4.67. The van der Waals surface area contributed by atoms with Crippen LogP contribution in [0, 0.1) is 0 Å². The van der Waals surface area contributed by atoms with Gasteiger partial charge in [0, 0.05) is 0 Å². The molecule has 4 nitrogen and oxygen atoms in total. The first-order chi connectivity index (χ1) is 7.11. The second-order valence-electron chi connectivity index (χ2n) is 3.28. The zero-order valence-corrected chi connectivity index (χ0v) is 8.46. The molecule has 0 aliphatic heterocycles. The van der Waals surface area contributed by atoms with Gasteiger partial charge in [-0.15, -0.1) is 0 Å². The summed E-state index contributed by atoms with van der Waals surface area (Å²) >= 11 is 0. The Morgan fingerprint density at radius 2 is 2.00 bits per heavy atom. The van der Waals surface area contributed by atoms with E-state index in [1.807, 2.05) is 30.3 Å². The molecule has 4 heteroatoms. The van der Waals surface area contributed by atoms with Crippen LogP contribution in [0.15, 0.2) is 30.3 Å². The Balaban J connectivity index is 2.41. The van der Waals surface area contributed by atoms with Crippen LogP contribution in [0.5, 0.6) is 0 Å². The molecule has 1 aromatic rings. The molecule has 0 aromatic heterocycles. The summed E-state index contributed by atoms with van der Waals surface area (Å²) in [6.07, 6.45) is -2.20. The van der Waals surface area contributed by atoms with E-state index in [0.29, 0.717) is 6.61 Å². The van der Waals surface area contributed by atoms with Gasteiger partial charge in [-0.25, -0.2) is 4.79 Å². The van der Waals surface area contributed by atoms with Crippen molar-refractivity contribution in [2.24, 2.45) is 0 Å². The highest BCUT2D eigenvalue weighted by Gasteiger charge is 2.21. The van der Waals surface area contributed by atoms with Crippen molar-refractivity contribution in [2.75, 3.05) is 0 Å². The summed E-state index contributed by atoms with van der Waals surface area (Å²) in [4.78, 5) is 10.4. The van der Waals surface area contributed by atoms with Crippen molar-refractivity contribution < 1.29 is 19.7 Å². The lowest BCUT2D eigenvalue weighted by molar-refractivity contribution is -0.155. The number of aliphatic carboxylic acids is 1. The fourth-order valence-electron chi connectivity index (χ4n) is 1.09. The van der Waals surface area contributed by atoms with Crippen LogP contribution in [-0.2, 0) is 16.1 Å². The lowest BCUT2D eigenvalue weighted by Crippen LogP contribution is -2.33. The molecule has 0 fully saturated rings. The van der Waals surface area contributed by atoms with Crippen molar-refractivity contribution in [3.63, 3.8) is 0 Å². The molecule has 0 radical (unpaired) electrons. The molecule has 0 saturated carbocycles. The Hall–Kier alpha value is -1.39. The van der Waals surface area contributed by atoms with Crippen LogP contribution in [0.4, 0.5) is 0 Å². The monoisotopic (exact) mass is 210 g/mol. The standard InChI is InChI=1S/C11H14O4/c1-8(10(12)11(13)14)15-7-9-5-3-2-4-6-9/h2-6,8,10,12H,7H2,1H3,(H,13,14)/t8-,10-/m1/s1. The number of aliphatic hydroxyl groups excluding tert-OH is 1. The van der Waals surface area contributed by atoms with E-state index in [0.717, 1.165) is 5.56 Å². The minimum atomic E-state index is -1.48. The zero-order valence-electron chi connectivity index (χ0n) is 8.46. The number of carbonyl (C=O) groups is 1. The molecule has 0 saturated heterocycles. The fraction of sp³-hybridized carbons (Fsp3) is 0.364. The van der Waals surface area contributed by atoms with Crippen LogP contribution >= 0.6 is 0 Å². The summed E-state index contributed by atoms with van der Waals surface area (Å²) < 4.78 is 5.22. The highest BCUT2D eigenvalue weighted by Crippen LogP contribution is 2.05. The Bertz CT molecular complexity index is 310. The number of aliphatic hydroxyl groups is 1. The quantitative estimate of drug-likeness (QED) is 0.762. The predicted octanol–water partition coefficient (Wildman–Crippen LogP) is 1.04. The van der Waals surface area contributed by atoms with Crippen molar-refractivity contribution in [2.45, 2.75) is 25.7 Å². The molecule has 2 N–H and O–H groups in total. The molecule has 0 spiro atoms. The van der Waals surface area contributed by atoms with Gasteiger partial charge in [0.2, 0.25) is 0 Å². The van der Waals surface area contributed by atoms with Gasteiger partial charge < -0.3 is 14.9 Å². The summed E-state index contributed by atoms with van der Waals surface area (Å²) in [5.74, 6) is -1.27. The van der Waals surface area contributed by atoms with Gasteiger partial charge in [-0.1, -0.05) is 30.3 Å². The molecule has 0 unspecified atom stereocenters. The molecule has 0 aliphatic rings. The topological polar surface area (TPSA) is 66.8 Å². The molecular formula is C11H14O4. The molecule has 2 atom stereocenters. The average Bonchev–Trinajstić information content (AvgIpc) is 2.26. The number of carboxylic acids is 1. The molecule has 1 rings (SSSR count). The Morgan fingerprint density at radius 3 is 2.53 bits per heavy atom. The van der Waals surface area contributed by atoms with E-state index < -0.39 is 18.2 Å². The summed E-state index contributed by atoms with van der Waals surface area (Å²) in [7, 11) is 0. The average molecular weight is 210 g/mol. The van der Waals surface area contributed by atoms with Crippen molar-refractivity contribution in [1.29, 1.82) is 0 Å². The van der Waals surface area contributed by atoms with Crippen LogP contribution < -0.4 is 0 Å². The molecule has 15 heavy (non-hydrogen) atoms. The van der Waals surface area contributed by atoms with Crippen molar-refractivity contribution in [1.82, 2.24) is 0 Å². The summed E-state index contributed by atoms with van der Waals surface area (Å²) in [5, 5.41) is 17.7. The van der Waals surface area contributed by atoms with Crippen LogP contribution in [0.25, 0.3) is 0 Å². The van der Waals surface area contributed by atoms with E-state index in [4.69, 9.17) is 14.9 Å². The second-order valence-corrected chi connectivity index (χ2v) is 3.28. The summed E-state index contributed by atoms with van der Waals surface area (Å²) in [6, 6.07) is 9.38. The van der Waals surface area contributed by atoms with E-state index in [2.05, 4.69) is 0 Å². The van der Waals surface area contributed by atoms with Crippen molar-refractivity contribution in [3.05, 3.63) is 35.9 Å². The van der Waals surface area contributed by atoms with Gasteiger partial charge in [-0.3, -0.25) is 0 Å². The minimum Gasteiger partial charge on any atom is -0.479 e. The number of ether oxygens (including phenoxy) is 1. The summed E-state index contributed by atoms with van der Waals surface area (Å²) in [6.45, 7) is 1.83. The number of hydrogen-bond donors (Lipinski definition) is 2. The number of benzene rings is 1. The first kappa shape index (κ1) is 11.7. The predicted molar refractivity (Wildman–Crippen MR) is 54.3 cm³/mol. The molecule has 0 bridgehead atoms. The van der Waals surface area contributed by atoms with Gasteiger partial charge in [0.15, 0.2) is 6.10 Å². The first-order valence-corrected chi connectivity index (χ1v) is 4.67. The second kappa shape index (κ2) is 5.48. The van der Waals surface area contributed by atoms with Gasteiger partial charge in [-0.05, 0) is 12.5 Å². The van der Waals surface area contributed by atoms with Gasteiger partial charge in [0.25, 0.3) is 0 Å². The van der Waals surface area contributed by atoms with Gasteiger partial charge >= 0.3 is 5.97 Å². The maximum Gasteiger partial charge on any atom is 0.335 e. The third-order valence-electron chi connectivity index (χ3n) is 2.05. The maximum atomic E-state index is 10.4. The highest BCUT2D eigenvalue weighted by molar-refractivity contribution is 5.72.